The van der Waals surface area contributed by atoms with Crippen LogP contribution in [0.3, 0.4) is 0 Å². The number of anilines is 1. The van der Waals surface area contributed by atoms with E-state index in [0.717, 1.165) is 48.4 Å². The minimum Gasteiger partial charge on any atom is -0.496 e. The zero-order valence-electron chi connectivity index (χ0n) is 18.7. The molecule has 2 aliphatic rings. The number of aromatic nitrogens is 2. The molecule has 0 aliphatic carbocycles. The summed E-state index contributed by atoms with van der Waals surface area (Å²) in [6, 6.07) is 3.13. The molecule has 1 saturated heterocycles. The molecule has 1 aromatic carbocycles. The van der Waals surface area contributed by atoms with Gasteiger partial charge < -0.3 is 15.4 Å². The van der Waals surface area contributed by atoms with Gasteiger partial charge in [-0.05, 0) is 62.9 Å². The van der Waals surface area contributed by atoms with Gasteiger partial charge >= 0.3 is 0 Å². The molecule has 8 nitrogen and oxygen atoms in total. The van der Waals surface area contributed by atoms with Crippen LogP contribution in [0.25, 0.3) is 0 Å². The second kappa shape index (κ2) is 8.72. The molecular weight excluding hydrogens is 414 g/mol. The number of sulfonamides is 1. The summed E-state index contributed by atoms with van der Waals surface area (Å²) >= 11 is 0. The first-order chi connectivity index (χ1) is 14.9. The van der Waals surface area contributed by atoms with Gasteiger partial charge in [0.15, 0.2) is 0 Å². The highest BCUT2D eigenvalue weighted by atomic mass is 32.2. The normalized spacial score (nSPS) is 19.7. The summed E-state index contributed by atoms with van der Waals surface area (Å²) in [7, 11) is -0.267. The van der Waals surface area contributed by atoms with Gasteiger partial charge in [0.25, 0.3) is 0 Å². The van der Waals surface area contributed by atoms with Crippen LogP contribution in [0.1, 0.15) is 53.5 Å². The Balaban J connectivity index is 1.77. The SMILES string of the molecule is CNc1nc(C2CCCCN2S(=O)(=O)c2cc(C)c(OC)cc2C)nc2c1CCNC2. The fourth-order valence-corrected chi connectivity index (χ4v) is 6.52. The lowest BCUT2D eigenvalue weighted by atomic mass is 10.0. The van der Waals surface area contributed by atoms with Crippen molar-refractivity contribution in [3.05, 3.63) is 40.3 Å². The number of fused-ring (bicyclic) bond motifs is 1. The van der Waals surface area contributed by atoms with Crippen LogP contribution in [0.4, 0.5) is 5.82 Å². The summed E-state index contributed by atoms with van der Waals surface area (Å²) in [5.74, 6) is 2.08. The highest BCUT2D eigenvalue weighted by molar-refractivity contribution is 7.89. The van der Waals surface area contributed by atoms with Gasteiger partial charge in [0.1, 0.15) is 17.4 Å². The number of methoxy groups -OCH3 is 1. The molecule has 3 heterocycles. The lowest BCUT2D eigenvalue weighted by molar-refractivity contribution is 0.246. The van der Waals surface area contributed by atoms with E-state index in [-0.39, 0.29) is 6.04 Å². The predicted molar refractivity (Wildman–Crippen MR) is 120 cm³/mol. The Morgan fingerprint density at radius 1 is 1.19 bits per heavy atom. The maximum absolute atomic E-state index is 13.8. The molecule has 1 aromatic heterocycles. The van der Waals surface area contributed by atoms with E-state index in [1.807, 2.05) is 20.9 Å². The number of hydrogen-bond donors (Lipinski definition) is 2. The Bertz CT molecular complexity index is 1070. The molecule has 2 aromatic rings. The molecule has 0 amide bonds. The number of hydrogen-bond acceptors (Lipinski definition) is 7. The van der Waals surface area contributed by atoms with E-state index in [4.69, 9.17) is 14.7 Å². The number of nitrogens with zero attached hydrogens (tertiary/aromatic N) is 3. The van der Waals surface area contributed by atoms with Crippen LogP contribution in [0.5, 0.6) is 5.75 Å². The van der Waals surface area contributed by atoms with Crippen molar-refractivity contribution in [3.8, 4) is 5.75 Å². The maximum atomic E-state index is 13.8. The molecule has 168 valence electrons. The summed E-state index contributed by atoms with van der Waals surface area (Å²) in [4.78, 5) is 9.93. The van der Waals surface area contributed by atoms with Crippen LogP contribution in [0.2, 0.25) is 0 Å². The van der Waals surface area contributed by atoms with Gasteiger partial charge in [0.2, 0.25) is 10.0 Å². The number of piperidine rings is 1. The van der Waals surface area contributed by atoms with Gasteiger partial charge in [-0.2, -0.15) is 4.31 Å². The topological polar surface area (TPSA) is 96.5 Å². The maximum Gasteiger partial charge on any atom is 0.244 e. The Kier molecular flexibility index (Phi) is 6.18. The van der Waals surface area contributed by atoms with Crippen molar-refractivity contribution in [2.24, 2.45) is 0 Å². The second-order valence-corrected chi connectivity index (χ2v) is 10.1. The lowest BCUT2D eigenvalue weighted by Gasteiger charge is -2.35. The Morgan fingerprint density at radius 2 is 2.00 bits per heavy atom. The van der Waals surface area contributed by atoms with Gasteiger partial charge in [0, 0.05) is 25.7 Å². The van der Waals surface area contributed by atoms with Gasteiger partial charge in [0.05, 0.1) is 23.7 Å². The molecule has 1 atom stereocenters. The van der Waals surface area contributed by atoms with E-state index >= 15 is 0 Å². The highest BCUT2D eigenvalue weighted by Gasteiger charge is 2.37. The molecule has 1 fully saturated rings. The standard InChI is InChI=1S/C22H31N5O3S/c1-14-12-20(15(2)11-19(14)30-4)31(28,29)27-10-6-5-7-18(27)22-25-17-13-24-9-8-16(17)21(23-3)26-22/h11-12,18,24H,5-10,13H2,1-4H3,(H,23,25,26). The van der Waals surface area contributed by atoms with Crippen molar-refractivity contribution < 1.29 is 13.2 Å². The van der Waals surface area contributed by atoms with Crippen LogP contribution in [-0.4, -0.2) is 49.9 Å². The molecule has 2 N–H and O–H groups in total. The quantitative estimate of drug-likeness (QED) is 0.730. The van der Waals surface area contributed by atoms with Crippen molar-refractivity contribution >= 4 is 15.8 Å². The van der Waals surface area contributed by atoms with Gasteiger partial charge in [-0.3, -0.25) is 0 Å². The van der Waals surface area contributed by atoms with Crippen molar-refractivity contribution in [2.75, 3.05) is 32.6 Å². The van der Waals surface area contributed by atoms with Gasteiger partial charge in [-0.15, -0.1) is 0 Å². The molecule has 0 saturated carbocycles. The van der Waals surface area contributed by atoms with E-state index in [0.29, 0.717) is 41.5 Å². The first kappa shape index (κ1) is 22.0. The number of nitrogens with one attached hydrogen (secondary N) is 2. The van der Waals surface area contributed by atoms with Gasteiger partial charge in [-0.25, -0.2) is 18.4 Å². The first-order valence-electron chi connectivity index (χ1n) is 10.8. The molecule has 0 spiro atoms. The second-order valence-electron chi connectivity index (χ2n) is 8.25. The summed E-state index contributed by atoms with van der Waals surface area (Å²) in [6.07, 6.45) is 3.35. The zero-order valence-corrected chi connectivity index (χ0v) is 19.5. The average molecular weight is 446 g/mol. The van der Waals surface area contributed by atoms with E-state index < -0.39 is 10.0 Å². The molecule has 0 bridgehead atoms. The molecule has 2 aliphatic heterocycles. The summed E-state index contributed by atoms with van der Waals surface area (Å²) < 4.78 is 34.5. The zero-order chi connectivity index (χ0) is 22.2. The van der Waals surface area contributed by atoms with Crippen LogP contribution in [0.15, 0.2) is 17.0 Å². The van der Waals surface area contributed by atoms with Crippen molar-refractivity contribution in [2.45, 2.75) is 57.0 Å². The van der Waals surface area contributed by atoms with E-state index in [1.54, 1.807) is 23.5 Å². The Hall–Kier alpha value is -2.23. The minimum absolute atomic E-state index is 0.325. The number of benzene rings is 1. The summed E-state index contributed by atoms with van der Waals surface area (Å²) in [6.45, 7) is 5.71. The number of aryl methyl sites for hydroxylation is 2. The smallest absolute Gasteiger partial charge is 0.244 e. The summed E-state index contributed by atoms with van der Waals surface area (Å²) in [5, 5.41) is 6.54. The lowest BCUT2D eigenvalue weighted by Crippen LogP contribution is -2.40. The molecule has 1 unspecified atom stereocenters. The van der Waals surface area contributed by atoms with Crippen molar-refractivity contribution in [1.29, 1.82) is 0 Å². The Morgan fingerprint density at radius 3 is 2.74 bits per heavy atom. The van der Waals surface area contributed by atoms with Crippen molar-refractivity contribution in [1.82, 2.24) is 19.6 Å². The third kappa shape index (κ3) is 4.02. The number of rotatable bonds is 5. The molecular formula is C22H31N5O3S. The monoisotopic (exact) mass is 445 g/mol. The third-order valence-electron chi connectivity index (χ3n) is 6.22. The molecule has 4 rings (SSSR count). The molecule has 0 radical (unpaired) electrons. The van der Waals surface area contributed by atoms with E-state index in [1.165, 1.54) is 0 Å². The highest BCUT2D eigenvalue weighted by Crippen LogP contribution is 2.37. The van der Waals surface area contributed by atoms with E-state index in [9.17, 15) is 8.42 Å². The largest absolute Gasteiger partial charge is 0.496 e. The molecule has 31 heavy (non-hydrogen) atoms. The van der Waals surface area contributed by atoms with Crippen LogP contribution < -0.4 is 15.4 Å². The van der Waals surface area contributed by atoms with Crippen LogP contribution >= 0.6 is 0 Å². The summed E-state index contributed by atoms with van der Waals surface area (Å²) in [5.41, 5.74) is 3.56. The average Bonchev–Trinajstić information content (AvgIpc) is 2.79. The number of ether oxygens (including phenoxy) is 1. The van der Waals surface area contributed by atoms with E-state index in [2.05, 4.69) is 10.6 Å². The molecule has 9 heteroatoms. The van der Waals surface area contributed by atoms with Crippen molar-refractivity contribution in [3.63, 3.8) is 0 Å². The third-order valence-corrected chi connectivity index (χ3v) is 8.27. The predicted octanol–water partition coefficient (Wildman–Crippen LogP) is 2.71. The van der Waals surface area contributed by atoms with Crippen LogP contribution in [0, 0.1) is 13.8 Å². The van der Waals surface area contributed by atoms with Gasteiger partial charge in [-0.1, -0.05) is 6.42 Å². The first-order valence-corrected chi connectivity index (χ1v) is 12.3. The van der Waals surface area contributed by atoms with Crippen LogP contribution in [-0.2, 0) is 23.0 Å². The minimum atomic E-state index is -3.72. The fraction of sp³-hybridized carbons (Fsp3) is 0.545. The fourth-order valence-electron chi connectivity index (χ4n) is 4.57. The Labute approximate surface area is 184 Å².